The molecular weight excluding hydrogens is 339 g/mol. The summed E-state index contributed by atoms with van der Waals surface area (Å²) in [5.74, 6) is -0.300. The average molecular weight is 354 g/mol. The summed E-state index contributed by atoms with van der Waals surface area (Å²) in [4.78, 5) is 11.8. The predicted molar refractivity (Wildman–Crippen MR) is 80.7 cm³/mol. The number of halogens is 1. The Morgan fingerprint density at radius 2 is 2.22 bits per heavy atom. The van der Waals surface area contributed by atoms with Crippen molar-refractivity contribution >= 4 is 34.6 Å². The predicted octanol–water partition coefficient (Wildman–Crippen LogP) is 3.11. The number of carbonyl (C=O) groups excluding carboxylic acids is 1. The van der Waals surface area contributed by atoms with Gasteiger partial charge in [0.1, 0.15) is 11.6 Å². The van der Waals surface area contributed by atoms with E-state index in [1.807, 2.05) is 30.3 Å². The maximum absolute atomic E-state index is 11.8. The summed E-state index contributed by atoms with van der Waals surface area (Å²) in [5, 5.41) is 11.8. The van der Waals surface area contributed by atoms with Crippen molar-refractivity contribution in [1.29, 1.82) is 5.26 Å². The van der Waals surface area contributed by atoms with Crippen molar-refractivity contribution in [3.63, 3.8) is 0 Å². The van der Waals surface area contributed by atoms with Crippen LogP contribution < -0.4 is 5.32 Å². The zero-order chi connectivity index (χ0) is 13.4. The fourth-order valence-corrected chi connectivity index (χ4v) is 1.91. The van der Waals surface area contributed by atoms with Gasteiger partial charge in [-0.15, -0.1) is 0 Å². The second-order valence-electron chi connectivity index (χ2n) is 3.80. The fourth-order valence-electron chi connectivity index (χ4n) is 1.37. The van der Waals surface area contributed by atoms with Gasteiger partial charge in [0, 0.05) is 10.1 Å². The standard InChI is InChI=1S/C14H15IN2O/c1-2-3-8-17-14(18)12(10-16)9-11-6-4-5-7-13(11)15/h4-7,9H,2-3,8H2,1H3,(H,17,18)/b12-9-. The molecule has 1 aromatic carbocycles. The molecule has 4 heteroatoms. The van der Waals surface area contributed by atoms with Crippen LogP contribution in [0, 0.1) is 14.9 Å². The van der Waals surface area contributed by atoms with E-state index in [4.69, 9.17) is 5.26 Å². The van der Waals surface area contributed by atoms with E-state index in [2.05, 4.69) is 34.8 Å². The molecule has 0 fully saturated rings. The first-order chi connectivity index (χ1) is 8.69. The van der Waals surface area contributed by atoms with Crippen LogP contribution in [0.5, 0.6) is 0 Å². The van der Waals surface area contributed by atoms with Gasteiger partial charge >= 0.3 is 0 Å². The van der Waals surface area contributed by atoms with Crippen LogP contribution >= 0.6 is 22.6 Å². The third kappa shape index (κ3) is 4.49. The van der Waals surface area contributed by atoms with Gasteiger partial charge in [0.2, 0.25) is 0 Å². The molecule has 0 unspecified atom stereocenters. The summed E-state index contributed by atoms with van der Waals surface area (Å²) in [6.45, 7) is 2.67. The minimum atomic E-state index is -0.300. The van der Waals surface area contributed by atoms with Gasteiger partial charge in [-0.05, 0) is 46.7 Å². The summed E-state index contributed by atoms with van der Waals surface area (Å²) in [6, 6.07) is 9.59. The van der Waals surface area contributed by atoms with Gasteiger partial charge in [0.15, 0.2) is 0 Å². The molecule has 0 atom stereocenters. The maximum atomic E-state index is 11.8. The average Bonchev–Trinajstić information content (AvgIpc) is 2.38. The van der Waals surface area contributed by atoms with Gasteiger partial charge in [-0.25, -0.2) is 0 Å². The van der Waals surface area contributed by atoms with E-state index in [-0.39, 0.29) is 11.5 Å². The van der Waals surface area contributed by atoms with E-state index >= 15 is 0 Å². The highest BCUT2D eigenvalue weighted by Gasteiger charge is 2.08. The van der Waals surface area contributed by atoms with Gasteiger partial charge in [-0.1, -0.05) is 31.5 Å². The van der Waals surface area contributed by atoms with Crippen LogP contribution in [0.4, 0.5) is 0 Å². The molecule has 3 nitrogen and oxygen atoms in total. The fraction of sp³-hybridized carbons (Fsp3) is 0.286. The second kappa shape index (κ2) is 7.88. The third-order valence-corrected chi connectivity index (χ3v) is 3.37. The number of carbonyl (C=O) groups is 1. The first kappa shape index (κ1) is 14.7. The lowest BCUT2D eigenvalue weighted by atomic mass is 10.1. The van der Waals surface area contributed by atoms with Crippen LogP contribution in [0.15, 0.2) is 29.8 Å². The first-order valence-corrected chi connectivity index (χ1v) is 6.91. The van der Waals surface area contributed by atoms with Crippen LogP contribution in [0.2, 0.25) is 0 Å². The third-order valence-electron chi connectivity index (χ3n) is 2.39. The highest BCUT2D eigenvalue weighted by molar-refractivity contribution is 14.1. The number of nitrogens with zero attached hydrogens (tertiary/aromatic N) is 1. The summed E-state index contributed by atoms with van der Waals surface area (Å²) in [7, 11) is 0. The van der Waals surface area contributed by atoms with E-state index in [0.717, 1.165) is 22.0 Å². The second-order valence-corrected chi connectivity index (χ2v) is 4.96. The van der Waals surface area contributed by atoms with Crippen molar-refractivity contribution in [2.24, 2.45) is 0 Å². The lowest BCUT2D eigenvalue weighted by Gasteiger charge is -2.03. The number of nitriles is 1. The molecule has 94 valence electrons. The summed E-state index contributed by atoms with van der Waals surface area (Å²) in [6.07, 6.45) is 3.57. The summed E-state index contributed by atoms with van der Waals surface area (Å²) >= 11 is 2.18. The number of hydrogen-bond acceptors (Lipinski definition) is 2. The van der Waals surface area contributed by atoms with Gasteiger partial charge in [-0.2, -0.15) is 5.26 Å². The van der Waals surface area contributed by atoms with Crippen molar-refractivity contribution in [1.82, 2.24) is 5.32 Å². The largest absolute Gasteiger partial charge is 0.351 e. The van der Waals surface area contributed by atoms with E-state index in [1.165, 1.54) is 0 Å². The Labute approximate surface area is 121 Å². The molecule has 0 aliphatic carbocycles. The van der Waals surface area contributed by atoms with Gasteiger partial charge in [-0.3, -0.25) is 4.79 Å². The molecule has 1 aromatic rings. The first-order valence-electron chi connectivity index (χ1n) is 5.83. The van der Waals surface area contributed by atoms with Gasteiger partial charge in [0.25, 0.3) is 5.91 Å². The molecule has 0 spiro atoms. The van der Waals surface area contributed by atoms with Crippen molar-refractivity contribution < 1.29 is 4.79 Å². The van der Waals surface area contributed by atoms with Crippen LogP contribution in [0.3, 0.4) is 0 Å². The van der Waals surface area contributed by atoms with E-state index < -0.39 is 0 Å². The Morgan fingerprint density at radius 1 is 1.50 bits per heavy atom. The van der Waals surface area contributed by atoms with Crippen LogP contribution in [-0.2, 0) is 4.79 Å². The molecule has 0 heterocycles. The molecule has 1 rings (SSSR count). The number of nitrogens with one attached hydrogen (secondary N) is 1. The molecule has 0 aromatic heterocycles. The lowest BCUT2D eigenvalue weighted by Crippen LogP contribution is -2.25. The molecular formula is C14H15IN2O. The molecule has 1 amide bonds. The van der Waals surface area contributed by atoms with Crippen molar-refractivity contribution in [2.75, 3.05) is 6.54 Å². The smallest absolute Gasteiger partial charge is 0.261 e. The Morgan fingerprint density at radius 3 is 2.83 bits per heavy atom. The number of benzene rings is 1. The normalized spacial score (nSPS) is 10.8. The number of amides is 1. The summed E-state index contributed by atoms with van der Waals surface area (Å²) in [5.41, 5.74) is 1.04. The van der Waals surface area contributed by atoms with Crippen molar-refractivity contribution in [3.8, 4) is 6.07 Å². The quantitative estimate of drug-likeness (QED) is 0.382. The van der Waals surface area contributed by atoms with E-state index in [0.29, 0.717) is 6.54 Å². The van der Waals surface area contributed by atoms with Crippen molar-refractivity contribution in [2.45, 2.75) is 19.8 Å². The van der Waals surface area contributed by atoms with Gasteiger partial charge in [0.05, 0.1) is 0 Å². The zero-order valence-electron chi connectivity index (χ0n) is 10.2. The molecule has 0 saturated carbocycles. The SMILES string of the molecule is CCCCNC(=O)/C(C#N)=C\c1ccccc1I. The van der Waals surface area contributed by atoms with Crippen LogP contribution in [0.25, 0.3) is 6.08 Å². The Hall–Kier alpha value is -1.35. The molecule has 0 bridgehead atoms. The minimum Gasteiger partial charge on any atom is -0.351 e. The Bertz CT molecular complexity index is 489. The molecule has 0 saturated heterocycles. The lowest BCUT2D eigenvalue weighted by molar-refractivity contribution is -0.117. The van der Waals surface area contributed by atoms with E-state index in [9.17, 15) is 4.79 Å². The van der Waals surface area contributed by atoms with Gasteiger partial charge < -0.3 is 5.32 Å². The van der Waals surface area contributed by atoms with Crippen LogP contribution in [0.1, 0.15) is 25.3 Å². The molecule has 1 N–H and O–H groups in total. The van der Waals surface area contributed by atoms with Crippen LogP contribution in [-0.4, -0.2) is 12.5 Å². The molecule has 0 aliphatic rings. The molecule has 18 heavy (non-hydrogen) atoms. The van der Waals surface area contributed by atoms with E-state index in [1.54, 1.807) is 6.08 Å². The molecule has 0 aliphatic heterocycles. The number of hydrogen-bond donors (Lipinski definition) is 1. The zero-order valence-corrected chi connectivity index (χ0v) is 12.4. The topological polar surface area (TPSA) is 52.9 Å². The number of unbranched alkanes of at least 4 members (excludes halogenated alkanes) is 1. The highest BCUT2D eigenvalue weighted by Crippen LogP contribution is 2.15. The Balaban J connectivity index is 2.81. The number of rotatable bonds is 5. The minimum absolute atomic E-state index is 0.148. The maximum Gasteiger partial charge on any atom is 0.261 e. The van der Waals surface area contributed by atoms with Crippen molar-refractivity contribution in [3.05, 3.63) is 39.0 Å². The monoisotopic (exact) mass is 354 g/mol. The Kier molecular flexibility index (Phi) is 6.44. The molecule has 0 radical (unpaired) electrons. The summed E-state index contributed by atoms with van der Waals surface area (Å²) < 4.78 is 1.02. The highest BCUT2D eigenvalue weighted by atomic mass is 127.